The number of alkyl halides is 2. The van der Waals surface area contributed by atoms with Gasteiger partial charge in [-0.15, -0.1) is 0 Å². The summed E-state index contributed by atoms with van der Waals surface area (Å²) < 4.78 is 30.0. The van der Waals surface area contributed by atoms with Gasteiger partial charge in [-0.25, -0.2) is 4.98 Å². The Labute approximate surface area is 163 Å². The second kappa shape index (κ2) is 7.83. The van der Waals surface area contributed by atoms with Crippen molar-refractivity contribution in [3.05, 3.63) is 52.7 Å². The van der Waals surface area contributed by atoms with Gasteiger partial charge >= 0.3 is 6.61 Å². The number of rotatable bonds is 6. The first-order valence-electron chi connectivity index (χ1n) is 9.28. The zero-order valence-corrected chi connectivity index (χ0v) is 16.5. The zero-order chi connectivity index (χ0) is 20.5. The molecule has 1 amide bonds. The molecule has 5 nitrogen and oxygen atoms in total. The van der Waals surface area contributed by atoms with Crippen LogP contribution in [0.1, 0.15) is 42.1 Å². The molecule has 1 fully saturated rings. The molecular formula is C21H25F2N3O2. The molecule has 28 heavy (non-hydrogen) atoms. The summed E-state index contributed by atoms with van der Waals surface area (Å²) in [5, 5.41) is 5.94. The zero-order valence-electron chi connectivity index (χ0n) is 16.5. The Morgan fingerprint density at radius 1 is 1.21 bits per heavy atom. The third kappa shape index (κ3) is 3.85. The van der Waals surface area contributed by atoms with Gasteiger partial charge in [-0.05, 0) is 43.0 Å². The molecule has 1 aliphatic rings. The highest BCUT2D eigenvalue weighted by atomic mass is 19.3. The predicted molar refractivity (Wildman–Crippen MR) is 104 cm³/mol. The van der Waals surface area contributed by atoms with Gasteiger partial charge in [0.15, 0.2) is 0 Å². The van der Waals surface area contributed by atoms with E-state index in [1.54, 1.807) is 13.0 Å². The Morgan fingerprint density at radius 3 is 2.50 bits per heavy atom. The molecule has 7 heteroatoms. The Kier molecular flexibility index (Phi) is 5.65. The fourth-order valence-electron chi connectivity index (χ4n) is 3.49. The third-order valence-electron chi connectivity index (χ3n) is 5.08. The fourth-order valence-corrected chi connectivity index (χ4v) is 3.49. The van der Waals surface area contributed by atoms with Crippen LogP contribution in [0, 0.1) is 13.8 Å². The number of carbonyl (C=O) groups is 1. The van der Waals surface area contributed by atoms with Crippen molar-refractivity contribution in [3.8, 4) is 5.88 Å². The van der Waals surface area contributed by atoms with E-state index in [0.29, 0.717) is 18.8 Å². The number of hydrogen-bond donors (Lipinski definition) is 2. The van der Waals surface area contributed by atoms with E-state index in [2.05, 4.69) is 40.3 Å². The van der Waals surface area contributed by atoms with E-state index in [1.807, 2.05) is 19.1 Å². The monoisotopic (exact) mass is 389 g/mol. The quantitative estimate of drug-likeness (QED) is 0.787. The highest BCUT2D eigenvalue weighted by Gasteiger charge is 2.47. The van der Waals surface area contributed by atoms with E-state index in [4.69, 9.17) is 0 Å². The van der Waals surface area contributed by atoms with Crippen LogP contribution in [0.3, 0.4) is 0 Å². The van der Waals surface area contributed by atoms with Crippen LogP contribution in [-0.2, 0) is 10.2 Å². The minimum atomic E-state index is -3.02. The van der Waals surface area contributed by atoms with Crippen LogP contribution in [0.5, 0.6) is 5.88 Å². The lowest BCUT2D eigenvalue weighted by Crippen LogP contribution is -2.63. The first kappa shape index (κ1) is 20.2. The molecule has 1 aliphatic heterocycles. The topological polar surface area (TPSA) is 63.2 Å². The van der Waals surface area contributed by atoms with Gasteiger partial charge in [0, 0.05) is 18.8 Å². The molecule has 0 spiro atoms. The van der Waals surface area contributed by atoms with Crippen LogP contribution in [0.2, 0.25) is 0 Å². The van der Waals surface area contributed by atoms with Crippen LogP contribution in [0.25, 0.3) is 0 Å². The van der Waals surface area contributed by atoms with E-state index in [9.17, 15) is 13.6 Å². The Morgan fingerprint density at radius 2 is 1.93 bits per heavy atom. The molecule has 2 N–H and O–H groups in total. The average Bonchev–Trinajstić information content (AvgIpc) is 2.57. The van der Waals surface area contributed by atoms with Gasteiger partial charge in [0.1, 0.15) is 5.69 Å². The van der Waals surface area contributed by atoms with E-state index < -0.39 is 12.0 Å². The molecule has 2 heterocycles. The normalized spacial score (nSPS) is 15.4. The van der Waals surface area contributed by atoms with Gasteiger partial charge in [0.05, 0.1) is 5.41 Å². The number of benzene rings is 1. The standard InChI is InChI=1S/C21H25F2N3O2/c1-12(2)15-9-13(3)5-7-16(15)21(10-24-11-21)19(27)26-17-8-6-14(4)25-18(17)28-20(22)23/h5-9,12,20,24H,10-11H2,1-4H3,(H,26,27). The van der Waals surface area contributed by atoms with Gasteiger partial charge in [-0.3, -0.25) is 4.79 Å². The lowest BCUT2D eigenvalue weighted by atomic mass is 9.70. The molecule has 1 aromatic heterocycles. The Balaban J connectivity index is 1.96. The Bertz CT molecular complexity index is 880. The molecule has 0 bridgehead atoms. The van der Waals surface area contributed by atoms with Crippen molar-refractivity contribution in [3.63, 3.8) is 0 Å². The summed E-state index contributed by atoms with van der Waals surface area (Å²) in [6, 6.07) is 9.27. The van der Waals surface area contributed by atoms with Crippen molar-refractivity contribution < 1.29 is 18.3 Å². The van der Waals surface area contributed by atoms with Crippen LogP contribution in [0.4, 0.5) is 14.5 Å². The third-order valence-corrected chi connectivity index (χ3v) is 5.08. The highest BCUT2D eigenvalue weighted by molar-refractivity contribution is 6.01. The largest absolute Gasteiger partial charge is 0.415 e. The molecule has 3 rings (SSSR count). The second-order valence-electron chi connectivity index (χ2n) is 7.57. The summed E-state index contributed by atoms with van der Waals surface area (Å²) in [6.07, 6.45) is 0. The molecule has 2 aromatic rings. The molecule has 0 radical (unpaired) electrons. The summed E-state index contributed by atoms with van der Waals surface area (Å²) in [6.45, 7) is 5.81. The first-order valence-corrected chi connectivity index (χ1v) is 9.28. The maximum Gasteiger partial charge on any atom is 0.388 e. The SMILES string of the molecule is Cc1ccc(C2(C(=O)Nc3ccc(C)nc3OC(F)F)CNC2)c(C(C)C)c1. The lowest BCUT2D eigenvalue weighted by Gasteiger charge is -2.43. The maximum absolute atomic E-state index is 13.3. The predicted octanol–water partition coefficient (Wildman–Crippen LogP) is 3.90. The van der Waals surface area contributed by atoms with Gasteiger partial charge in [-0.1, -0.05) is 37.6 Å². The molecule has 150 valence electrons. The summed E-state index contributed by atoms with van der Waals surface area (Å²) in [5.41, 5.74) is 3.10. The van der Waals surface area contributed by atoms with Gasteiger partial charge in [0.2, 0.25) is 11.8 Å². The number of anilines is 1. The molecule has 0 unspecified atom stereocenters. The number of amides is 1. The molecular weight excluding hydrogens is 364 g/mol. The number of aromatic nitrogens is 1. The van der Waals surface area contributed by atoms with E-state index in [-0.39, 0.29) is 23.4 Å². The molecule has 0 atom stereocenters. The summed E-state index contributed by atoms with van der Waals surface area (Å²) in [7, 11) is 0. The van der Waals surface area contributed by atoms with Crippen LogP contribution in [0.15, 0.2) is 30.3 Å². The van der Waals surface area contributed by atoms with E-state index in [0.717, 1.165) is 16.7 Å². The van der Waals surface area contributed by atoms with Crippen LogP contribution < -0.4 is 15.4 Å². The number of halogens is 2. The second-order valence-corrected chi connectivity index (χ2v) is 7.57. The number of aryl methyl sites for hydroxylation is 2. The van der Waals surface area contributed by atoms with Gasteiger partial charge in [0.25, 0.3) is 0 Å². The number of ether oxygens (including phenoxy) is 1. The molecule has 0 saturated carbocycles. The number of nitrogens with one attached hydrogen (secondary N) is 2. The summed E-state index contributed by atoms with van der Waals surface area (Å²) in [4.78, 5) is 17.3. The van der Waals surface area contributed by atoms with Crippen molar-refractivity contribution >= 4 is 11.6 Å². The maximum atomic E-state index is 13.3. The number of hydrogen-bond acceptors (Lipinski definition) is 4. The first-order chi connectivity index (χ1) is 13.2. The van der Waals surface area contributed by atoms with Crippen molar-refractivity contribution in [1.29, 1.82) is 0 Å². The average molecular weight is 389 g/mol. The highest BCUT2D eigenvalue weighted by Crippen LogP contribution is 2.37. The van der Waals surface area contributed by atoms with Crippen molar-refractivity contribution in [2.45, 2.75) is 45.6 Å². The fraction of sp³-hybridized carbons (Fsp3) is 0.429. The number of nitrogens with zero attached hydrogens (tertiary/aromatic N) is 1. The molecule has 0 aliphatic carbocycles. The minimum absolute atomic E-state index is 0.139. The van der Waals surface area contributed by atoms with E-state index >= 15 is 0 Å². The van der Waals surface area contributed by atoms with Crippen molar-refractivity contribution in [1.82, 2.24) is 10.3 Å². The number of carbonyl (C=O) groups excluding carboxylic acids is 1. The lowest BCUT2D eigenvalue weighted by molar-refractivity contribution is -0.123. The molecule has 1 saturated heterocycles. The van der Waals surface area contributed by atoms with Gasteiger partial charge in [-0.2, -0.15) is 8.78 Å². The summed E-state index contributed by atoms with van der Waals surface area (Å²) in [5.74, 6) is -0.292. The smallest absolute Gasteiger partial charge is 0.388 e. The molecule has 1 aromatic carbocycles. The van der Waals surface area contributed by atoms with Crippen LogP contribution in [-0.4, -0.2) is 30.6 Å². The van der Waals surface area contributed by atoms with Gasteiger partial charge < -0.3 is 15.4 Å². The van der Waals surface area contributed by atoms with Crippen molar-refractivity contribution in [2.24, 2.45) is 0 Å². The number of pyridine rings is 1. The van der Waals surface area contributed by atoms with Crippen LogP contribution >= 0.6 is 0 Å². The van der Waals surface area contributed by atoms with Crippen molar-refractivity contribution in [2.75, 3.05) is 18.4 Å². The van der Waals surface area contributed by atoms with E-state index in [1.165, 1.54) is 6.07 Å². The summed E-state index contributed by atoms with van der Waals surface area (Å²) >= 11 is 0. The Hall–Kier alpha value is -2.54. The minimum Gasteiger partial charge on any atom is -0.415 e.